The van der Waals surface area contributed by atoms with E-state index in [4.69, 9.17) is 4.74 Å². The first-order valence-corrected chi connectivity index (χ1v) is 12.5. The first-order chi connectivity index (χ1) is 14.2. The van der Waals surface area contributed by atoms with E-state index < -0.39 is 0 Å². The normalized spacial score (nSPS) is 13.6. The number of rotatable bonds is 11. The van der Waals surface area contributed by atoms with E-state index in [0.29, 0.717) is 5.92 Å². The summed E-state index contributed by atoms with van der Waals surface area (Å²) in [6, 6.07) is 15.7. The van der Waals surface area contributed by atoms with Crippen LogP contribution in [-0.2, 0) is 12.8 Å². The molecule has 0 fully saturated rings. The summed E-state index contributed by atoms with van der Waals surface area (Å²) in [5.41, 5.74) is 4.45. The molecule has 0 bridgehead atoms. The Morgan fingerprint density at radius 2 is 1.79 bits per heavy atom. The molecule has 0 spiro atoms. The molecule has 1 aliphatic heterocycles. The van der Waals surface area contributed by atoms with E-state index in [1.807, 2.05) is 11.8 Å². The third kappa shape index (κ3) is 6.99. The zero-order chi connectivity index (χ0) is 20.5. The highest BCUT2D eigenvalue weighted by Gasteiger charge is 2.16. The maximum atomic E-state index is 5.77. The number of hydrogen-bond acceptors (Lipinski definition) is 3. The van der Waals surface area contributed by atoms with E-state index in [0.717, 1.165) is 12.4 Å². The number of anilines is 1. The SMILES string of the molecule is CSc1ccc2c(c1)CCCN2CCCCCCc1ccc(OCC(C)C)cc1. The van der Waals surface area contributed by atoms with Crippen LogP contribution >= 0.6 is 11.8 Å². The third-order valence-electron chi connectivity index (χ3n) is 5.65. The maximum absolute atomic E-state index is 5.77. The molecule has 29 heavy (non-hydrogen) atoms. The van der Waals surface area contributed by atoms with Crippen molar-refractivity contribution >= 4 is 17.4 Å². The Morgan fingerprint density at radius 3 is 2.55 bits per heavy atom. The first-order valence-electron chi connectivity index (χ1n) is 11.3. The van der Waals surface area contributed by atoms with Crippen molar-refractivity contribution in [2.24, 2.45) is 5.92 Å². The molecule has 1 heterocycles. The molecule has 0 aliphatic carbocycles. The van der Waals surface area contributed by atoms with Crippen LogP contribution in [0.3, 0.4) is 0 Å². The molecule has 0 atom stereocenters. The van der Waals surface area contributed by atoms with Gasteiger partial charge in [0, 0.05) is 23.7 Å². The monoisotopic (exact) mass is 411 g/mol. The maximum Gasteiger partial charge on any atom is 0.119 e. The lowest BCUT2D eigenvalue weighted by atomic mass is 10.0. The van der Waals surface area contributed by atoms with Crippen molar-refractivity contribution in [1.82, 2.24) is 0 Å². The van der Waals surface area contributed by atoms with Gasteiger partial charge in [0.25, 0.3) is 0 Å². The molecule has 0 radical (unpaired) electrons. The third-order valence-corrected chi connectivity index (χ3v) is 6.38. The number of unbranched alkanes of at least 4 members (excludes halogenated alkanes) is 3. The van der Waals surface area contributed by atoms with Gasteiger partial charge in [-0.1, -0.05) is 38.8 Å². The predicted octanol–water partition coefficient (Wildman–Crippen LogP) is 7.00. The Hall–Kier alpha value is -1.61. The first kappa shape index (κ1) is 22.1. The standard InChI is InChI=1S/C26H37NOS/c1-21(2)20-28-24-13-11-22(12-14-24)9-6-4-5-7-17-27-18-8-10-23-19-25(29-3)15-16-26(23)27/h11-16,19,21H,4-10,17-18,20H2,1-3H3. The molecular weight excluding hydrogens is 374 g/mol. The minimum atomic E-state index is 0.570. The Morgan fingerprint density at radius 1 is 1.00 bits per heavy atom. The molecule has 0 aromatic heterocycles. The lowest BCUT2D eigenvalue weighted by Crippen LogP contribution is -2.30. The molecule has 0 N–H and O–H groups in total. The van der Waals surface area contributed by atoms with E-state index in [1.54, 1.807) is 5.56 Å². The molecule has 1 aliphatic rings. The van der Waals surface area contributed by atoms with Gasteiger partial charge in [-0.3, -0.25) is 0 Å². The molecule has 158 valence electrons. The molecule has 3 rings (SSSR count). The second-order valence-electron chi connectivity index (χ2n) is 8.60. The molecule has 0 saturated heterocycles. The number of hydrogen-bond donors (Lipinski definition) is 0. The Kier molecular flexibility index (Phi) is 8.79. The van der Waals surface area contributed by atoms with Gasteiger partial charge in [-0.05, 0) is 85.7 Å². The van der Waals surface area contributed by atoms with Crippen LogP contribution in [0.1, 0.15) is 57.1 Å². The summed E-state index contributed by atoms with van der Waals surface area (Å²) < 4.78 is 5.77. The van der Waals surface area contributed by atoms with E-state index in [2.05, 4.69) is 67.5 Å². The number of ether oxygens (including phenoxy) is 1. The van der Waals surface area contributed by atoms with E-state index in [1.165, 1.54) is 74.2 Å². The number of benzene rings is 2. The summed E-state index contributed by atoms with van der Waals surface area (Å²) >= 11 is 1.85. The van der Waals surface area contributed by atoms with Crippen LogP contribution in [0.4, 0.5) is 5.69 Å². The molecule has 2 aromatic rings. The van der Waals surface area contributed by atoms with Crippen LogP contribution in [0.2, 0.25) is 0 Å². The van der Waals surface area contributed by atoms with Gasteiger partial charge < -0.3 is 9.64 Å². The van der Waals surface area contributed by atoms with Crippen molar-refractivity contribution in [2.75, 3.05) is 30.9 Å². The zero-order valence-corrected chi connectivity index (χ0v) is 19.3. The molecule has 0 unspecified atom stereocenters. The van der Waals surface area contributed by atoms with Crippen molar-refractivity contribution in [3.63, 3.8) is 0 Å². The Labute approximate surface area is 182 Å². The van der Waals surface area contributed by atoms with Crippen LogP contribution in [-0.4, -0.2) is 26.0 Å². The van der Waals surface area contributed by atoms with Gasteiger partial charge in [-0.25, -0.2) is 0 Å². The quantitative estimate of drug-likeness (QED) is 0.292. The summed E-state index contributed by atoms with van der Waals surface area (Å²) in [4.78, 5) is 4.00. The van der Waals surface area contributed by atoms with Crippen molar-refractivity contribution in [3.8, 4) is 5.75 Å². The van der Waals surface area contributed by atoms with Crippen molar-refractivity contribution in [2.45, 2.75) is 63.7 Å². The molecule has 0 amide bonds. The topological polar surface area (TPSA) is 12.5 Å². The highest BCUT2D eigenvalue weighted by atomic mass is 32.2. The summed E-state index contributed by atoms with van der Waals surface area (Å²) in [7, 11) is 0. The molecule has 0 saturated carbocycles. The average molecular weight is 412 g/mol. The second-order valence-corrected chi connectivity index (χ2v) is 9.48. The summed E-state index contributed by atoms with van der Waals surface area (Å²) in [6.07, 6.45) is 11.1. The highest BCUT2D eigenvalue weighted by Crippen LogP contribution is 2.30. The van der Waals surface area contributed by atoms with Gasteiger partial charge in [0.1, 0.15) is 5.75 Å². The van der Waals surface area contributed by atoms with Crippen molar-refractivity contribution in [3.05, 3.63) is 53.6 Å². The Bertz CT molecular complexity index is 741. The van der Waals surface area contributed by atoms with Gasteiger partial charge in [0.15, 0.2) is 0 Å². The second kappa shape index (κ2) is 11.5. The van der Waals surface area contributed by atoms with Gasteiger partial charge >= 0.3 is 0 Å². The summed E-state index contributed by atoms with van der Waals surface area (Å²) in [5.74, 6) is 1.56. The van der Waals surface area contributed by atoms with Crippen molar-refractivity contribution in [1.29, 1.82) is 0 Å². The molecule has 3 heteroatoms. The van der Waals surface area contributed by atoms with Crippen LogP contribution in [0.25, 0.3) is 0 Å². The van der Waals surface area contributed by atoms with Gasteiger partial charge in [0.05, 0.1) is 6.61 Å². The largest absolute Gasteiger partial charge is 0.493 e. The molecule has 2 aromatic carbocycles. The van der Waals surface area contributed by atoms with Crippen LogP contribution in [0.15, 0.2) is 47.4 Å². The lowest BCUT2D eigenvalue weighted by Gasteiger charge is -2.31. The number of thioether (sulfide) groups is 1. The van der Waals surface area contributed by atoms with Gasteiger partial charge in [-0.2, -0.15) is 0 Å². The molecule has 2 nitrogen and oxygen atoms in total. The average Bonchev–Trinajstić information content (AvgIpc) is 2.75. The lowest BCUT2D eigenvalue weighted by molar-refractivity contribution is 0.271. The predicted molar refractivity (Wildman–Crippen MR) is 128 cm³/mol. The number of fused-ring (bicyclic) bond motifs is 1. The fourth-order valence-electron chi connectivity index (χ4n) is 4.01. The van der Waals surface area contributed by atoms with E-state index >= 15 is 0 Å². The minimum absolute atomic E-state index is 0.570. The van der Waals surface area contributed by atoms with Crippen LogP contribution < -0.4 is 9.64 Å². The fraction of sp³-hybridized carbons (Fsp3) is 0.538. The van der Waals surface area contributed by atoms with Crippen LogP contribution in [0, 0.1) is 5.92 Å². The number of aryl methyl sites for hydroxylation is 2. The van der Waals surface area contributed by atoms with E-state index in [9.17, 15) is 0 Å². The fourth-order valence-corrected chi connectivity index (χ4v) is 4.48. The van der Waals surface area contributed by atoms with Gasteiger partial charge in [-0.15, -0.1) is 11.8 Å². The molecular formula is C26H37NOS. The van der Waals surface area contributed by atoms with Crippen molar-refractivity contribution < 1.29 is 4.74 Å². The highest BCUT2D eigenvalue weighted by molar-refractivity contribution is 7.98. The minimum Gasteiger partial charge on any atom is -0.493 e. The summed E-state index contributed by atoms with van der Waals surface area (Å²) in [6.45, 7) is 7.57. The summed E-state index contributed by atoms with van der Waals surface area (Å²) in [5, 5.41) is 0. The van der Waals surface area contributed by atoms with Crippen LogP contribution in [0.5, 0.6) is 5.75 Å². The smallest absolute Gasteiger partial charge is 0.119 e. The zero-order valence-electron chi connectivity index (χ0n) is 18.5. The Balaban J connectivity index is 1.34. The van der Waals surface area contributed by atoms with Gasteiger partial charge in [0.2, 0.25) is 0 Å². The number of nitrogens with zero attached hydrogens (tertiary/aromatic N) is 1. The van der Waals surface area contributed by atoms with E-state index in [-0.39, 0.29) is 0 Å².